The molecule has 2 atom stereocenters. The summed E-state index contributed by atoms with van der Waals surface area (Å²) in [5.74, 6) is -0.637. The number of carboxylic acids is 1. The van der Waals surface area contributed by atoms with Gasteiger partial charge in [0, 0.05) is 22.8 Å². The topological polar surface area (TPSA) is 92.4 Å². The van der Waals surface area contributed by atoms with Crippen molar-refractivity contribution in [1.82, 2.24) is 5.32 Å². The zero-order valence-electron chi connectivity index (χ0n) is 19.3. The summed E-state index contributed by atoms with van der Waals surface area (Å²) in [6, 6.07) is 13.0. The average Bonchev–Trinajstić information content (AvgIpc) is 3.20. The summed E-state index contributed by atoms with van der Waals surface area (Å²) in [6.45, 7) is 9.64. The second-order valence-corrected chi connectivity index (χ2v) is 9.84. The Balaban J connectivity index is 0.000000390. The van der Waals surface area contributed by atoms with E-state index >= 15 is 0 Å². The quantitative estimate of drug-likeness (QED) is 0.444. The summed E-state index contributed by atoms with van der Waals surface area (Å²) in [4.78, 5) is 24.1. The lowest BCUT2D eigenvalue weighted by Crippen LogP contribution is -2.47. The van der Waals surface area contributed by atoms with Crippen molar-refractivity contribution in [3.05, 3.63) is 60.3 Å². The Morgan fingerprint density at radius 2 is 1.75 bits per heavy atom. The standard InChI is InChI=1S/C20H23NO3.C6H13NS/c1-20(10-4-5-11-20)19(24)21-17(18(22)23)13-14-8-9-15-6-2-3-7-16(15)12-14;1-4(2)6(8)5(3)7/h2-3,6-9,12,17H,4-5,10-11,13H2,1H3,(H,21,24)(H,22,23);4,6,8H,3,7H2,1-2H3/t17-;/m0./s1. The highest BCUT2D eigenvalue weighted by Gasteiger charge is 2.38. The number of carboxylic acid groups (broad SMARTS) is 1. The predicted octanol–water partition coefficient (Wildman–Crippen LogP) is 4.95. The molecule has 0 aliphatic heterocycles. The van der Waals surface area contributed by atoms with E-state index in [0.717, 1.165) is 42.0 Å². The van der Waals surface area contributed by atoms with E-state index in [1.165, 1.54) is 0 Å². The Morgan fingerprint density at radius 1 is 1.16 bits per heavy atom. The number of rotatable bonds is 7. The number of fused-ring (bicyclic) bond motifs is 1. The first kappa shape index (κ1) is 25.8. The van der Waals surface area contributed by atoms with Crippen LogP contribution < -0.4 is 11.1 Å². The normalized spacial score (nSPS) is 16.7. The van der Waals surface area contributed by atoms with E-state index < -0.39 is 17.4 Å². The summed E-state index contributed by atoms with van der Waals surface area (Å²) in [6.07, 6.45) is 4.03. The molecule has 0 aromatic heterocycles. The number of aliphatic carboxylic acids is 1. The first-order valence-corrected chi connectivity index (χ1v) is 11.7. The number of carbonyl (C=O) groups excluding carboxylic acids is 1. The van der Waals surface area contributed by atoms with Crippen molar-refractivity contribution in [3.63, 3.8) is 0 Å². The van der Waals surface area contributed by atoms with E-state index in [-0.39, 0.29) is 11.2 Å². The minimum absolute atomic E-state index is 0.131. The van der Waals surface area contributed by atoms with E-state index in [2.05, 4.69) is 38.4 Å². The molecule has 3 rings (SSSR count). The predicted molar refractivity (Wildman–Crippen MR) is 135 cm³/mol. The lowest BCUT2D eigenvalue weighted by molar-refractivity contribution is -0.143. The second-order valence-electron chi connectivity index (χ2n) is 9.28. The number of hydrogen-bond donors (Lipinski definition) is 4. The van der Waals surface area contributed by atoms with Crippen molar-refractivity contribution >= 4 is 35.3 Å². The van der Waals surface area contributed by atoms with Gasteiger partial charge in [-0.25, -0.2) is 4.79 Å². The minimum Gasteiger partial charge on any atom is -0.480 e. The number of nitrogens with one attached hydrogen (secondary N) is 1. The fraction of sp³-hybridized carbons (Fsp3) is 0.462. The van der Waals surface area contributed by atoms with E-state index in [4.69, 9.17) is 5.73 Å². The molecule has 2 aromatic carbocycles. The van der Waals surface area contributed by atoms with Crippen LogP contribution >= 0.6 is 12.6 Å². The van der Waals surface area contributed by atoms with E-state index in [1.54, 1.807) is 0 Å². The van der Waals surface area contributed by atoms with Crippen LogP contribution in [0.25, 0.3) is 10.8 Å². The summed E-state index contributed by atoms with van der Waals surface area (Å²) in [7, 11) is 0. The lowest BCUT2D eigenvalue weighted by atomic mass is 9.87. The third-order valence-electron chi connectivity index (χ3n) is 6.12. The SMILES string of the molecule is C=C(N)C(S)C(C)C.CC1(C(=O)N[C@@H](Cc2ccc3ccccc3c2)C(=O)O)CCCC1. The lowest BCUT2D eigenvalue weighted by Gasteiger charge is -2.25. The highest BCUT2D eigenvalue weighted by molar-refractivity contribution is 7.81. The Hall–Kier alpha value is -2.47. The van der Waals surface area contributed by atoms with Gasteiger partial charge in [-0.2, -0.15) is 12.6 Å². The molecule has 0 saturated heterocycles. The van der Waals surface area contributed by atoms with Crippen LogP contribution in [-0.2, 0) is 16.0 Å². The molecule has 32 heavy (non-hydrogen) atoms. The maximum atomic E-state index is 12.5. The number of hydrogen-bond acceptors (Lipinski definition) is 4. The van der Waals surface area contributed by atoms with Crippen LogP contribution in [0.15, 0.2) is 54.7 Å². The van der Waals surface area contributed by atoms with Crippen LogP contribution in [0.2, 0.25) is 0 Å². The first-order valence-electron chi connectivity index (χ1n) is 11.2. The van der Waals surface area contributed by atoms with Crippen LogP contribution in [0.3, 0.4) is 0 Å². The van der Waals surface area contributed by atoms with Crippen LogP contribution in [0.1, 0.15) is 52.0 Å². The second kappa shape index (κ2) is 11.4. The first-order chi connectivity index (χ1) is 15.0. The maximum Gasteiger partial charge on any atom is 0.326 e. The van der Waals surface area contributed by atoms with Crippen LogP contribution in [0.5, 0.6) is 0 Å². The number of carbonyl (C=O) groups is 2. The zero-order valence-corrected chi connectivity index (χ0v) is 20.2. The van der Waals surface area contributed by atoms with E-state index in [9.17, 15) is 14.7 Å². The molecule has 0 spiro atoms. The van der Waals surface area contributed by atoms with Gasteiger partial charge in [-0.1, -0.05) is 82.7 Å². The molecule has 1 saturated carbocycles. The molecule has 2 aromatic rings. The molecule has 5 nitrogen and oxygen atoms in total. The third-order valence-corrected chi connectivity index (χ3v) is 7.05. The van der Waals surface area contributed by atoms with Crippen molar-refractivity contribution in [2.45, 2.75) is 64.2 Å². The molecule has 1 aliphatic rings. The Bertz CT molecular complexity index is 951. The number of amides is 1. The van der Waals surface area contributed by atoms with Gasteiger partial charge in [-0.3, -0.25) is 4.79 Å². The van der Waals surface area contributed by atoms with Gasteiger partial charge in [0.2, 0.25) is 5.91 Å². The molecule has 1 aliphatic carbocycles. The van der Waals surface area contributed by atoms with E-state index in [0.29, 0.717) is 18.0 Å². The molecule has 4 N–H and O–H groups in total. The Labute approximate surface area is 196 Å². The molecule has 6 heteroatoms. The zero-order chi connectivity index (χ0) is 23.9. The summed E-state index contributed by atoms with van der Waals surface area (Å²) in [5, 5.41) is 14.6. The highest BCUT2D eigenvalue weighted by Crippen LogP contribution is 2.37. The molecule has 174 valence electrons. The molecule has 1 fully saturated rings. The highest BCUT2D eigenvalue weighted by atomic mass is 32.1. The van der Waals surface area contributed by atoms with Gasteiger partial charge in [0.1, 0.15) is 6.04 Å². The minimum atomic E-state index is -0.988. The van der Waals surface area contributed by atoms with Gasteiger partial charge in [0.25, 0.3) is 0 Å². The van der Waals surface area contributed by atoms with Gasteiger partial charge < -0.3 is 16.2 Å². The van der Waals surface area contributed by atoms with Gasteiger partial charge in [0.05, 0.1) is 0 Å². The van der Waals surface area contributed by atoms with Crippen molar-refractivity contribution in [3.8, 4) is 0 Å². The molecular formula is C26H36N2O3S. The van der Waals surface area contributed by atoms with Gasteiger partial charge >= 0.3 is 5.97 Å². The van der Waals surface area contributed by atoms with Crippen molar-refractivity contribution in [2.24, 2.45) is 17.1 Å². The van der Waals surface area contributed by atoms with Gasteiger partial charge in [-0.15, -0.1) is 0 Å². The van der Waals surface area contributed by atoms with Gasteiger partial charge in [-0.05, 0) is 35.1 Å². The summed E-state index contributed by atoms with van der Waals surface area (Å²) < 4.78 is 0. The fourth-order valence-corrected chi connectivity index (χ4v) is 3.94. The van der Waals surface area contributed by atoms with Crippen molar-refractivity contribution in [2.75, 3.05) is 0 Å². The van der Waals surface area contributed by atoms with Crippen LogP contribution in [-0.4, -0.2) is 28.3 Å². The Morgan fingerprint density at radius 3 is 2.25 bits per heavy atom. The van der Waals surface area contributed by atoms with Crippen molar-refractivity contribution in [1.29, 1.82) is 0 Å². The average molecular weight is 457 g/mol. The van der Waals surface area contributed by atoms with E-state index in [1.807, 2.05) is 49.4 Å². The number of thiol groups is 1. The van der Waals surface area contributed by atoms with Gasteiger partial charge in [0.15, 0.2) is 0 Å². The van der Waals surface area contributed by atoms with Crippen LogP contribution in [0, 0.1) is 11.3 Å². The third kappa shape index (κ3) is 7.02. The molecule has 0 bridgehead atoms. The fourth-order valence-electron chi connectivity index (χ4n) is 3.94. The molecular weight excluding hydrogens is 420 g/mol. The monoisotopic (exact) mass is 456 g/mol. The molecule has 1 unspecified atom stereocenters. The Kier molecular flexibility index (Phi) is 9.20. The summed E-state index contributed by atoms with van der Waals surface area (Å²) in [5.41, 5.74) is 6.52. The molecule has 0 heterocycles. The maximum absolute atomic E-state index is 12.5. The van der Waals surface area contributed by atoms with Crippen LogP contribution in [0.4, 0.5) is 0 Å². The number of nitrogens with two attached hydrogens (primary N) is 1. The molecule has 1 amide bonds. The smallest absolute Gasteiger partial charge is 0.326 e. The summed E-state index contributed by atoms with van der Waals surface area (Å²) >= 11 is 4.20. The van der Waals surface area contributed by atoms with Crippen molar-refractivity contribution < 1.29 is 14.7 Å². The number of benzene rings is 2. The molecule has 0 radical (unpaired) electrons. The largest absolute Gasteiger partial charge is 0.480 e.